The Kier molecular flexibility index (Phi) is 1.12. The van der Waals surface area contributed by atoms with Gasteiger partial charge in [0.2, 0.25) is 0 Å². The number of aromatic nitrogens is 2. The van der Waals surface area contributed by atoms with Crippen molar-refractivity contribution in [3.05, 3.63) is 35.9 Å². The van der Waals surface area contributed by atoms with Crippen LogP contribution in [0.3, 0.4) is 0 Å². The fourth-order valence-electron chi connectivity index (χ4n) is 1.21. The van der Waals surface area contributed by atoms with E-state index in [1.54, 1.807) is 6.20 Å². The Bertz CT molecular complexity index is 392. The maximum absolute atomic E-state index is 10.8. The second-order valence-corrected chi connectivity index (χ2v) is 2.57. The van der Waals surface area contributed by atoms with Crippen LogP contribution in [0.25, 0.3) is 10.9 Å². The van der Waals surface area contributed by atoms with Crippen molar-refractivity contribution in [1.29, 1.82) is 0 Å². The highest BCUT2D eigenvalue weighted by atomic mass is 16.5. The summed E-state index contributed by atoms with van der Waals surface area (Å²) in [7, 11) is 1.96. The third-order valence-corrected chi connectivity index (χ3v) is 1.80. The van der Waals surface area contributed by atoms with E-state index in [0.717, 1.165) is 15.6 Å². The molecule has 2 heterocycles. The van der Waals surface area contributed by atoms with Crippen LogP contribution in [0, 0.1) is 5.21 Å². The zero-order valence-electron chi connectivity index (χ0n) is 6.19. The molecule has 56 valence electrons. The molecule has 0 aliphatic rings. The maximum atomic E-state index is 10.8. The summed E-state index contributed by atoms with van der Waals surface area (Å²) < 4.78 is 2.79. The van der Waals surface area contributed by atoms with E-state index in [-0.39, 0.29) is 0 Å². The number of aryl methyl sites for hydroxylation is 1. The standard InChI is InChI=1S/C8H8N2O/c1-9-4-2-7-6-10(11)5-3-8(7)9/h2-6H,1H3. The fourth-order valence-corrected chi connectivity index (χ4v) is 1.21. The van der Waals surface area contributed by atoms with Gasteiger partial charge in [0.05, 0.1) is 10.9 Å². The molecule has 0 spiro atoms. The van der Waals surface area contributed by atoms with Gasteiger partial charge in [-0.25, -0.2) is 0 Å². The van der Waals surface area contributed by atoms with Crippen LogP contribution < -0.4 is 4.73 Å². The van der Waals surface area contributed by atoms with Gasteiger partial charge in [0, 0.05) is 19.3 Å². The number of fused-ring (bicyclic) bond motifs is 1. The molecular weight excluding hydrogens is 140 g/mol. The highest BCUT2D eigenvalue weighted by Crippen LogP contribution is 2.10. The molecule has 0 fully saturated rings. The van der Waals surface area contributed by atoms with Crippen LogP contribution in [-0.2, 0) is 7.05 Å². The van der Waals surface area contributed by atoms with Crippen LogP contribution >= 0.6 is 0 Å². The lowest BCUT2D eigenvalue weighted by Gasteiger charge is -1.95. The normalized spacial score (nSPS) is 10.6. The van der Waals surface area contributed by atoms with Gasteiger partial charge in [0.25, 0.3) is 0 Å². The maximum Gasteiger partial charge on any atom is 0.189 e. The summed E-state index contributed by atoms with van der Waals surface area (Å²) in [6.45, 7) is 0. The SMILES string of the molecule is Cn1ccc2c[n+]([O-])ccc21. The summed E-state index contributed by atoms with van der Waals surface area (Å²) in [5, 5.41) is 11.8. The monoisotopic (exact) mass is 148 g/mol. The lowest BCUT2D eigenvalue weighted by Crippen LogP contribution is -2.23. The van der Waals surface area contributed by atoms with E-state index in [1.807, 2.05) is 29.9 Å². The molecule has 0 amide bonds. The molecule has 0 atom stereocenters. The van der Waals surface area contributed by atoms with Gasteiger partial charge >= 0.3 is 0 Å². The van der Waals surface area contributed by atoms with Gasteiger partial charge < -0.3 is 9.77 Å². The predicted octanol–water partition coefficient (Wildman–Crippen LogP) is 0.812. The minimum Gasteiger partial charge on any atom is -0.619 e. The van der Waals surface area contributed by atoms with Crippen molar-refractivity contribution in [2.24, 2.45) is 7.05 Å². The Morgan fingerprint density at radius 3 is 3.09 bits per heavy atom. The van der Waals surface area contributed by atoms with Crippen molar-refractivity contribution in [1.82, 2.24) is 4.57 Å². The van der Waals surface area contributed by atoms with Crippen molar-refractivity contribution in [2.75, 3.05) is 0 Å². The van der Waals surface area contributed by atoms with Gasteiger partial charge in [0.1, 0.15) is 0 Å². The van der Waals surface area contributed by atoms with Crippen molar-refractivity contribution in [2.45, 2.75) is 0 Å². The van der Waals surface area contributed by atoms with Gasteiger partial charge in [-0.2, -0.15) is 4.73 Å². The Hall–Kier alpha value is -1.51. The third kappa shape index (κ3) is 0.852. The highest BCUT2D eigenvalue weighted by molar-refractivity contribution is 5.77. The van der Waals surface area contributed by atoms with Crippen molar-refractivity contribution in [3.8, 4) is 0 Å². The molecule has 0 aliphatic heterocycles. The highest BCUT2D eigenvalue weighted by Gasteiger charge is 1.99. The lowest BCUT2D eigenvalue weighted by atomic mass is 10.3. The number of hydrogen-bond acceptors (Lipinski definition) is 1. The van der Waals surface area contributed by atoms with Crippen LogP contribution in [-0.4, -0.2) is 4.57 Å². The Morgan fingerprint density at radius 2 is 2.27 bits per heavy atom. The van der Waals surface area contributed by atoms with Gasteiger partial charge in [-0.05, 0) is 6.07 Å². The topological polar surface area (TPSA) is 31.9 Å². The average molecular weight is 148 g/mol. The first-order valence-electron chi connectivity index (χ1n) is 3.41. The zero-order valence-corrected chi connectivity index (χ0v) is 6.19. The molecule has 0 aliphatic carbocycles. The second kappa shape index (κ2) is 1.99. The Morgan fingerprint density at radius 1 is 1.45 bits per heavy atom. The summed E-state index contributed by atoms with van der Waals surface area (Å²) in [6.07, 6.45) is 5.00. The van der Waals surface area contributed by atoms with Crippen LogP contribution in [0.5, 0.6) is 0 Å². The van der Waals surface area contributed by atoms with E-state index in [2.05, 4.69) is 0 Å². The quantitative estimate of drug-likeness (QED) is 0.402. The lowest BCUT2D eigenvalue weighted by molar-refractivity contribution is -0.603. The van der Waals surface area contributed by atoms with Crippen molar-refractivity contribution >= 4 is 10.9 Å². The molecule has 2 aromatic heterocycles. The molecule has 0 bridgehead atoms. The summed E-state index contributed by atoms with van der Waals surface area (Å²) in [5.74, 6) is 0. The molecule has 0 radical (unpaired) electrons. The van der Waals surface area contributed by atoms with E-state index < -0.39 is 0 Å². The van der Waals surface area contributed by atoms with Gasteiger partial charge in [-0.1, -0.05) is 0 Å². The molecule has 3 heteroatoms. The molecule has 0 unspecified atom stereocenters. The fraction of sp³-hybridized carbons (Fsp3) is 0.125. The minimum atomic E-state index is 0.808. The summed E-state index contributed by atoms with van der Waals surface area (Å²) >= 11 is 0. The molecule has 0 saturated heterocycles. The first-order chi connectivity index (χ1) is 5.27. The van der Waals surface area contributed by atoms with Gasteiger partial charge in [-0.3, -0.25) is 0 Å². The van der Waals surface area contributed by atoms with Crippen LogP contribution in [0.2, 0.25) is 0 Å². The zero-order chi connectivity index (χ0) is 7.84. The first kappa shape index (κ1) is 6.22. The number of nitrogens with zero attached hydrogens (tertiary/aromatic N) is 2. The van der Waals surface area contributed by atoms with E-state index in [9.17, 15) is 5.21 Å². The van der Waals surface area contributed by atoms with E-state index in [1.165, 1.54) is 6.20 Å². The number of rotatable bonds is 0. The van der Waals surface area contributed by atoms with Crippen LogP contribution in [0.15, 0.2) is 30.7 Å². The number of pyridine rings is 1. The molecular formula is C8H8N2O. The number of hydrogen-bond donors (Lipinski definition) is 0. The van der Waals surface area contributed by atoms with Gasteiger partial charge in [0.15, 0.2) is 12.4 Å². The molecule has 0 saturated carbocycles. The van der Waals surface area contributed by atoms with Crippen molar-refractivity contribution in [3.63, 3.8) is 0 Å². The van der Waals surface area contributed by atoms with Crippen molar-refractivity contribution < 1.29 is 4.73 Å². The van der Waals surface area contributed by atoms with E-state index >= 15 is 0 Å². The summed E-state index contributed by atoms with van der Waals surface area (Å²) in [5.41, 5.74) is 1.08. The molecule has 0 N–H and O–H groups in total. The van der Waals surface area contributed by atoms with Crippen LogP contribution in [0.4, 0.5) is 0 Å². The summed E-state index contributed by atoms with van der Waals surface area (Å²) in [4.78, 5) is 0. The molecule has 3 nitrogen and oxygen atoms in total. The molecule has 2 aromatic rings. The van der Waals surface area contributed by atoms with Crippen LogP contribution in [0.1, 0.15) is 0 Å². The smallest absolute Gasteiger partial charge is 0.189 e. The largest absolute Gasteiger partial charge is 0.619 e. The molecule has 2 rings (SSSR count). The van der Waals surface area contributed by atoms with E-state index in [0.29, 0.717) is 0 Å². The minimum absolute atomic E-state index is 0.808. The molecule has 0 aromatic carbocycles. The Labute approximate surface area is 64.1 Å². The van der Waals surface area contributed by atoms with E-state index in [4.69, 9.17) is 0 Å². The van der Waals surface area contributed by atoms with Gasteiger partial charge in [-0.15, -0.1) is 0 Å². The second-order valence-electron chi connectivity index (χ2n) is 2.57. The average Bonchev–Trinajstić information content (AvgIpc) is 2.32. The Balaban J connectivity index is 2.86. The first-order valence-corrected chi connectivity index (χ1v) is 3.41. The molecule has 11 heavy (non-hydrogen) atoms. The summed E-state index contributed by atoms with van der Waals surface area (Å²) in [6, 6.07) is 3.73. The third-order valence-electron chi connectivity index (χ3n) is 1.80. The predicted molar refractivity (Wildman–Crippen MR) is 41.9 cm³/mol.